The molecule has 2 heterocycles. The summed E-state index contributed by atoms with van der Waals surface area (Å²) in [6.45, 7) is 1.57. The third-order valence-corrected chi connectivity index (χ3v) is 3.27. The summed E-state index contributed by atoms with van der Waals surface area (Å²) in [5, 5.41) is 3.00. The first-order valence-electron chi connectivity index (χ1n) is 6.51. The van der Waals surface area contributed by atoms with E-state index < -0.39 is 0 Å². The summed E-state index contributed by atoms with van der Waals surface area (Å²) in [4.78, 5) is 18.2. The van der Waals surface area contributed by atoms with Crippen LogP contribution >= 0.6 is 0 Å². The van der Waals surface area contributed by atoms with Gasteiger partial charge in [-0.25, -0.2) is 9.37 Å². The van der Waals surface area contributed by atoms with Gasteiger partial charge in [-0.3, -0.25) is 4.79 Å². The zero-order valence-corrected chi connectivity index (χ0v) is 10.8. The molecule has 1 aliphatic rings. The van der Waals surface area contributed by atoms with Crippen molar-refractivity contribution in [2.75, 3.05) is 18.4 Å². The van der Waals surface area contributed by atoms with Crippen molar-refractivity contribution in [3.8, 4) is 0 Å². The van der Waals surface area contributed by atoms with Crippen LogP contribution in [0.2, 0.25) is 0 Å². The molecule has 20 heavy (non-hydrogen) atoms. The van der Waals surface area contributed by atoms with Gasteiger partial charge in [0.1, 0.15) is 11.6 Å². The number of carbonyl (C=O) groups is 1. The van der Waals surface area contributed by atoms with Crippen LogP contribution in [0.3, 0.4) is 0 Å². The van der Waals surface area contributed by atoms with Crippen LogP contribution in [-0.2, 0) is 0 Å². The van der Waals surface area contributed by atoms with Gasteiger partial charge in [0.25, 0.3) is 5.91 Å². The van der Waals surface area contributed by atoms with Gasteiger partial charge in [-0.2, -0.15) is 0 Å². The topological polar surface area (TPSA) is 45.2 Å². The first-order chi connectivity index (χ1) is 9.74. The van der Waals surface area contributed by atoms with Crippen LogP contribution in [0.5, 0.6) is 0 Å². The highest BCUT2D eigenvalue weighted by molar-refractivity contribution is 5.99. The predicted molar refractivity (Wildman–Crippen MR) is 74.4 cm³/mol. The van der Waals surface area contributed by atoms with Gasteiger partial charge in [-0.1, -0.05) is 6.07 Å². The molecular weight excluding hydrogens is 257 g/mol. The van der Waals surface area contributed by atoms with Crippen LogP contribution in [0, 0.1) is 5.82 Å². The largest absolute Gasteiger partial charge is 0.339 e. The number of likely N-dealkylation sites (tertiary alicyclic amines) is 1. The molecule has 0 bridgehead atoms. The fourth-order valence-corrected chi connectivity index (χ4v) is 2.07. The number of aromatic nitrogens is 1. The molecule has 1 aromatic carbocycles. The molecule has 1 aromatic heterocycles. The molecule has 1 aliphatic heterocycles. The third-order valence-electron chi connectivity index (χ3n) is 3.27. The van der Waals surface area contributed by atoms with Gasteiger partial charge >= 0.3 is 0 Å². The number of carbonyl (C=O) groups excluding carboxylic acids is 1. The Balaban J connectivity index is 1.87. The molecule has 1 saturated heterocycles. The smallest absolute Gasteiger partial charge is 0.257 e. The lowest BCUT2D eigenvalue weighted by Crippen LogP contribution is -2.42. The van der Waals surface area contributed by atoms with Crippen LogP contribution in [0.25, 0.3) is 0 Å². The second-order valence-corrected chi connectivity index (χ2v) is 4.68. The summed E-state index contributed by atoms with van der Waals surface area (Å²) >= 11 is 0. The van der Waals surface area contributed by atoms with Crippen molar-refractivity contribution in [3.05, 3.63) is 54.0 Å². The summed E-state index contributed by atoms with van der Waals surface area (Å²) in [6.07, 6.45) is 2.65. The molecule has 1 N–H and O–H groups in total. The lowest BCUT2D eigenvalue weighted by Gasteiger charge is -2.31. The first kappa shape index (κ1) is 12.6. The minimum absolute atomic E-state index is 0.0387. The van der Waals surface area contributed by atoms with Crippen LogP contribution in [0.4, 0.5) is 15.9 Å². The molecule has 0 aliphatic carbocycles. The minimum atomic E-state index is -0.332. The maximum absolute atomic E-state index is 13.2. The monoisotopic (exact) mass is 271 g/mol. The van der Waals surface area contributed by atoms with E-state index >= 15 is 0 Å². The van der Waals surface area contributed by atoms with E-state index in [2.05, 4.69) is 10.3 Å². The van der Waals surface area contributed by atoms with Gasteiger partial charge in [0, 0.05) is 25.0 Å². The molecular formula is C15H14FN3O. The number of rotatable bonds is 3. The van der Waals surface area contributed by atoms with Crippen molar-refractivity contribution in [2.24, 2.45) is 0 Å². The third kappa shape index (κ3) is 2.47. The molecule has 0 unspecified atom stereocenters. The predicted octanol–water partition coefficient (Wildman–Crippen LogP) is 2.81. The number of halogens is 1. The number of nitrogens with zero attached hydrogens (tertiary/aromatic N) is 2. The summed E-state index contributed by atoms with van der Waals surface area (Å²) < 4.78 is 13.2. The second kappa shape index (κ2) is 5.28. The van der Waals surface area contributed by atoms with Crippen LogP contribution < -0.4 is 5.32 Å². The van der Waals surface area contributed by atoms with Crippen molar-refractivity contribution < 1.29 is 9.18 Å². The number of benzene rings is 1. The van der Waals surface area contributed by atoms with Gasteiger partial charge in [0.2, 0.25) is 0 Å². The molecule has 0 atom stereocenters. The maximum Gasteiger partial charge on any atom is 0.257 e. The van der Waals surface area contributed by atoms with E-state index in [1.54, 1.807) is 35.4 Å². The molecule has 102 valence electrons. The normalized spacial score (nSPS) is 13.8. The van der Waals surface area contributed by atoms with Gasteiger partial charge < -0.3 is 10.2 Å². The van der Waals surface area contributed by atoms with Crippen molar-refractivity contribution in [2.45, 2.75) is 6.42 Å². The zero-order chi connectivity index (χ0) is 13.9. The number of pyridine rings is 1. The SMILES string of the molecule is O=C(c1cccnc1Nc1cccc(F)c1)N1CCC1. The molecule has 4 nitrogen and oxygen atoms in total. The lowest BCUT2D eigenvalue weighted by atomic mass is 10.1. The van der Waals surface area contributed by atoms with Crippen molar-refractivity contribution >= 4 is 17.4 Å². The van der Waals surface area contributed by atoms with Crippen LogP contribution in [-0.4, -0.2) is 28.9 Å². The van der Waals surface area contributed by atoms with Crippen molar-refractivity contribution in [1.29, 1.82) is 0 Å². The van der Waals surface area contributed by atoms with E-state index in [9.17, 15) is 9.18 Å². The Kier molecular flexibility index (Phi) is 3.33. The summed E-state index contributed by atoms with van der Waals surface area (Å²) in [5.74, 6) is 0.0832. The van der Waals surface area contributed by atoms with Gasteiger partial charge in [0.05, 0.1) is 5.56 Å². The standard InChI is InChI=1S/C15H14FN3O/c16-11-4-1-5-12(10-11)18-14-13(6-2-7-17-14)15(20)19-8-3-9-19/h1-2,4-7,10H,3,8-9H2,(H,17,18). The average molecular weight is 271 g/mol. The first-order valence-corrected chi connectivity index (χ1v) is 6.51. The average Bonchev–Trinajstić information content (AvgIpc) is 2.37. The summed E-state index contributed by atoms with van der Waals surface area (Å²) in [7, 11) is 0. The summed E-state index contributed by atoms with van der Waals surface area (Å²) in [5.41, 5.74) is 1.08. The Morgan fingerprint density at radius 3 is 2.80 bits per heavy atom. The number of hydrogen-bond acceptors (Lipinski definition) is 3. The minimum Gasteiger partial charge on any atom is -0.339 e. The molecule has 0 saturated carbocycles. The Labute approximate surface area is 116 Å². The van der Waals surface area contributed by atoms with Crippen LogP contribution in [0.15, 0.2) is 42.6 Å². The van der Waals surface area contributed by atoms with E-state index in [1.807, 2.05) is 0 Å². The number of nitrogens with one attached hydrogen (secondary N) is 1. The highest BCUT2D eigenvalue weighted by Crippen LogP contribution is 2.22. The molecule has 2 aromatic rings. The highest BCUT2D eigenvalue weighted by Gasteiger charge is 2.24. The molecule has 3 rings (SSSR count). The molecule has 1 amide bonds. The fourth-order valence-electron chi connectivity index (χ4n) is 2.07. The Hall–Kier alpha value is -2.43. The van der Waals surface area contributed by atoms with E-state index in [0.29, 0.717) is 17.1 Å². The Morgan fingerprint density at radius 2 is 2.10 bits per heavy atom. The van der Waals surface area contributed by atoms with E-state index in [4.69, 9.17) is 0 Å². The molecule has 5 heteroatoms. The van der Waals surface area contributed by atoms with Crippen molar-refractivity contribution in [1.82, 2.24) is 9.88 Å². The second-order valence-electron chi connectivity index (χ2n) is 4.68. The van der Waals surface area contributed by atoms with Gasteiger partial charge in [-0.15, -0.1) is 0 Å². The molecule has 0 spiro atoms. The van der Waals surface area contributed by atoms with E-state index in [-0.39, 0.29) is 11.7 Å². The number of hydrogen-bond donors (Lipinski definition) is 1. The molecule has 0 radical (unpaired) electrons. The summed E-state index contributed by atoms with van der Waals surface area (Å²) in [6, 6.07) is 9.54. The lowest BCUT2D eigenvalue weighted by molar-refractivity contribution is 0.0652. The quantitative estimate of drug-likeness (QED) is 0.933. The zero-order valence-electron chi connectivity index (χ0n) is 10.8. The van der Waals surface area contributed by atoms with Gasteiger partial charge in [-0.05, 0) is 36.8 Å². The number of amides is 1. The van der Waals surface area contributed by atoms with Crippen LogP contribution in [0.1, 0.15) is 16.8 Å². The Morgan fingerprint density at radius 1 is 1.25 bits per heavy atom. The maximum atomic E-state index is 13.2. The van der Waals surface area contributed by atoms with Gasteiger partial charge in [0.15, 0.2) is 0 Å². The highest BCUT2D eigenvalue weighted by atomic mass is 19.1. The Bertz CT molecular complexity index is 641. The van der Waals surface area contributed by atoms with Crippen molar-refractivity contribution in [3.63, 3.8) is 0 Å². The molecule has 1 fully saturated rings. The van der Waals surface area contributed by atoms with E-state index in [1.165, 1.54) is 12.1 Å². The van der Waals surface area contributed by atoms with E-state index in [0.717, 1.165) is 19.5 Å². The fraction of sp³-hybridized carbons (Fsp3) is 0.200. The number of anilines is 2.